The van der Waals surface area contributed by atoms with Crippen LogP contribution < -0.4 is 0 Å². The van der Waals surface area contributed by atoms with Gasteiger partial charge in [0, 0.05) is 19.6 Å². The van der Waals surface area contributed by atoms with E-state index in [0.29, 0.717) is 6.54 Å². The van der Waals surface area contributed by atoms with Crippen molar-refractivity contribution in [2.24, 2.45) is 0 Å². The van der Waals surface area contributed by atoms with Crippen molar-refractivity contribution in [2.75, 3.05) is 20.6 Å². The highest BCUT2D eigenvalue weighted by atomic mass is 19.4. The molecule has 5 heteroatoms. The Labute approximate surface area is 141 Å². The molecule has 0 saturated carbocycles. The van der Waals surface area contributed by atoms with Crippen LogP contribution in [0.1, 0.15) is 11.1 Å². The molecular weight excluding hydrogens is 313 g/mol. The number of nitrogens with zero attached hydrogens (tertiary/aromatic N) is 2. The van der Waals surface area contributed by atoms with Crippen molar-refractivity contribution in [1.82, 2.24) is 9.80 Å². The van der Waals surface area contributed by atoms with Crippen LogP contribution in [0.5, 0.6) is 0 Å². The molecule has 2 nitrogen and oxygen atoms in total. The number of hydrogen-bond acceptors (Lipinski definition) is 2. The Morgan fingerprint density at radius 1 is 0.792 bits per heavy atom. The molecular formula is C19H23F3N2. The van der Waals surface area contributed by atoms with Gasteiger partial charge in [0.2, 0.25) is 0 Å². The van der Waals surface area contributed by atoms with E-state index in [9.17, 15) is 13.2 Å². The predicted molar refractivity (Wildman–Crippen MR) is 90.5 cm³/mol. The van der Waals surface area contributed by atoms with Crippen molar-refractivity contribution in [3.8, 4) is 0 Å². The predicted octanol–water partition coefficient (Wildman–Crippen LogP) is 4.18. The Kier molecular flexibility index (Phi) is 6.40. The summed E-state index contributed by atoms with van der Waals surface area (Å²) in [6.45, 7) is 0.693. The summed E-state index contributed by atoms with van der Waals surface area (Å²) in [5.41, 5.74) is 1.88. The van der Waals surface area contributed by atoms with Gasteiger partial charge in [-0.2, -0.15) is 13.2 Å². The van der Waals surface area contributed by atoms with Crippen LogP contribution in [0.2, 0.25) is 0 Å². The number of benzene rings is 2. The minimum absolute atomic E-state index is 0.0677. The molecule has 2 aromatic carbocycles. The van der Waals surface area contributed by atoms with Crippen LogP contribution in [0.15, 0.2) is 60.7 Å². The molecule has 130 valence electrons. The molecule has 0 aliphatic heterocycles. The van der Waals surface area contributed by atoms with E-state index in [4.69, 9.17) is 0 Å². The second-order valence-corrected chi connectivity index (χ2v) is 6.14. The van der Waals surface area contributed by atoms with Gasteiger partial charge in [-0.15, -0.1) is 0 Å². The first-order valence-electron chi connectivity index (χ1n) is 7.89. The van der Waals surface area contributed by atoms with E-state index >= 15 is 0 Å². The third-order valence-electron chi connectivity index (χ3n) is 3.96. The van der Waals surface area contributed by atoms with E-state index in [1.165, 1.54) is 11.9 Å². The molecule has 0 aromatic heterocycles. The number of halogens is 3. The van der Waals surface area contributed by atoms with Crippen molar-refractivity contribution in [3.63, 3.8) is 0 Å². The van der Waals surface area contributed by atoms with E-state index in [2.05, 4.69) is 0 Å². The van der Waals surface area contributed by atoms with Crippen molar-refractivity contribution < 1.29 is 13.2 Å². The Balaban J connectivity index is 2.02. The molecule has 2 aromatic rings. The zero-order chi connectivity index (χ0) is 17.6. The summed E-state index contributed by atoms with van der Waals surface area (Å²) in [7, 11) is 3.25. The largest absolute Gasteiger partial charge is 0.405 e. The lowest BCUT2D eigenvalue weighted by molar-refractivity contribution is -0.185. The number of rotatable bonds is 7. The van der Waals surface area contributed by atoms with Crippen LogP contribution in [-0.4, -0.2) is 42.7 Å². The molecule has 0 aliphatic carbocycles. The molecule has 2 rings (SSSR count). The second-order valence-electron chi connectivity index (χ2n) is 6.14. The van der Waals surface area contributed by atoms with Crippen LogP contribution in [0.25, 0.3) is 0 Å². The van der Waals surface area contributed by atoms with Gasteiger partial charge in [0.1, 0.15) is 6.04 Å². The SMILES string of the molecule is CN(Cc1ccccc1)C[C@@H](N(C)Cc1ccccc1)C(F)(F)F. The smallest absolute Gasteiger partial charge is 0.300 e. The summed E-state index contributed by atoms with van der Waals surface area (Å²) < 4.78 is 40.5. The number of likely N-dealkylation sites (N-methyl/N-ethyl adjacent to an activating group) is 2. The van der Waals surface area contributed by atoms with Gasteiger partial charge in [-0.3, -0.25) is 4.90 Å². The van der Waals surface area contributed by atoms with E-state index in [1.807, 2.05) is 60.7 Å². The van der Waals surface area contributed by atoms with Crippen LogP contribution in [-0.2, 0) is 13.1 Å². The first kappa shape index (κ1) is 18.5. The fourth-order valence-corrected chi connectivity index (χ4v) is 2.73. The lowest BCUT2D eigenvalue weighted by atomic mass is 10.1. The highest BCUT2D eigenvalue weighted by molar-refractivity contribution is 5.15. The maximum atomic E-state index is 13.5. The van der Waals surface area contributed by atoms with Gasteiger partial charge < -0.3 is 4.90 Å². The van der Waals surface area contributed by atoms with E-state index < -0.39 is 12.2 Å². The molecule has 0 N–H and O–H groups in total. The lowest BCUT2D eigenvalue weighted by Crippen LogP contribution is -2.49. The summed E-state index contributed by atoms with van der Waals surface area (Å²) in [6, 6.07) is 17.3. The molecule has 0 fully saturated rings. The average molecular weight is 336 g/mol. The number of alkyl halides is 3. The fourth-order valence-electron chi connectivity index (χ4n) is 2.73. The average Bonchev–Trinajstić information content (AvgIpc) is 2.53. The van der Waals surface area contributed by atoms with Gasteiger partial charge >= 0.3 is 6.18 Å². The molecule has 0 saturated heterocycles. The Bertz CT molecular complexity index is 599. The minimum Gasteiger partial charge on any atom is -0.300 e. The first-order chi connectivity index (χ1) is 11.4. The number of hydrogen-bond donors (Lipinski definition) is 0. The molecule has 1 atom stereocenters. The van der Waals surface area contributed by atoms with Crippen LogP contribution in [0.3, 0.4) is 0 Å². The third-order valence-corrected chi connectivity index (χ3v) is 3.96. The van der Waals surface area contributed by atoms with Crippen LogP contribution in [0.4, 0.5) is 13.2 Å². The van der Waals surface area contributed by atoms with Gasteiger partial charge in [-0.25, -0.2) is 0 Å². The molecule has 0 amide bonds. The summed E-state index contributed by atoms with van der Waals surface area (Å²) in [4.78, 5) is 3.09. The normalized spacial score (nSPS) is 13.5. The van der Waals surface area contributed by atoms with Gasteiger partial charge in [-0.1, -0.05) is 60.7 Å². The second kappa shape index (κ2) is 8.31. The van der Waals surface area contributed by atoms with Crippen molar-refractivity contribution in [3.05, 3.63) is 71.8 Å². The van der Waals surface area contributed by atoms with Gasteiger partial charge in [0.15, 0.2) is 0 Å². The maximum Gasteiger partial charge on any atom is 0.405 e. The zero-order valence-corrected chi connectivity index (χ0v) is 14.0. The maximum absolute atomic E-state index is 13.5. The third kappa shape index (κ3) is 5.65. The Morgan fingerprint density at radius 2 is 1.25 bits per heavy atom. The summed E-state index contributed by atoms with van der Waals surface area (Å²) in [5.74, 6) is 0. The standard InChI is InChI=1S/C19H23F3N2/c1-23(13-16-9-5-3-6-10-16)15-18(19(20,21)22)24(2)14-17-11-7-4-8-12-17/h3-12,18H,13-15H2,1-2H3/t18-/m1/s1. The van der Waals surface area contributed by atoms with E-state index in [-0.39, 0.29) is 13.1 Å². The molecule has 0 unspecified atom stereocenters. The monoisotopic (exact) mass is 336 g/mol. The summed E-state index contributed by atoms with van der Waals surface area (Å²) in [6.07, 6.45) is -4.27. The summed E-state index contributed by atoms with van der Waals surface area (Å²) >= 11 is 0. The molecule has 0 aliphatic rings. The Morgan fingerprint density at radius 3 is 1.71 bits per heavy atom. The van der Waals surface area contributed by atoms with Crippen molar-refractivity contribution >= 4 is 0 Å². The first-order valence-corrected chi connectivity index (χ1v) is 7.89. The molecule has 0 heterocycles. The molecule has 24 heavy (non-hydrogen) atoms. The van der Waals surface area contributed by atoms with Crippen LogP contribution in [0, 0.1) is 0 Å². The van der Waals surface area contributed by atoms with Gasteiger partial charge in [0.05, 0.1) is 0 Å². The highest BCUT2D eigenvalue weighted by Gasteiger charge is 2.42. The van der Waals surface area contributed by atoms with Crippen molar-refractivity contribution in [1.29, 1.82) is 0 Å². The van der Waals surface area contributed by atoms with E-state index in [1.54, 1.807) is 11.9 Å². The molecule has 0 bridgehead atoms. The summed E-state index contributed by atoms with van der Waals surface area (Å²) in [5, 5.41) is 0. The molecule has 0 radical (unpaired) electrons. The topological polar surface area (TPSA) is 6.48 Å². The lowest BCUT2D eigenvalue weighted by Gasteiger charge is -2.33. The zero-order valence-electron chi connectivity index (χ0n) is 14.0. The van der Waals surface area contributed by atoms with Crippen molar-refractivity contribution in [2.45, 2.75) is 25.3 Å². The quantitative estimate of drug-likeness (QED) is 0.748. The van der Waals surface area contributed by atoms with Gasteiger partial charge in [-0.05, 0) is 25.2 Å². The van der Waals surface area contributed by atoms with Gasteiger partial charge in [0.25, 0.3) is 0 Å². The fraction of sp³-hybridized carbons (Fsp3) is 0.368. The highest BCUT2D eigenvalue weighted by Crippen LogP contribution is 2.26. The van der Waals surface area contributed by atoms with E-state index in [0.717, 1.165) is 11.1 Å². The van der Waals surface area contributed by atoms with Crippen LogP contribution >= 0.6 is 0 Å². The molecule has 0 spiro atoms. The minimum atomic E-state index is -4.27. The Hall–Kier alpha value is -1.85.